The van der Waals surface area contributed by atoms with E-state index >= 15 is 0 Å². The first-order chi connectivity index (χ1) is 17.6. The number of nitrogen functional groups attached to an aromatic ring is 1. The number of carbonyl (C=O) groups is 1. The highest BCUT2D eigenvalue weighted by molar-refractivity contribution is 7.21. The van der Waals surface area contributed by atoms with Gasteiger partial charge in [0.25, 0.3) is 5.91 Å². The molecular weight excluding hydrogens is 472 g/mol. The molecule has 0 fully saturated rings. The van der Waals surface area contributed by atoms with Gasteiger partial charge in [0.2, 0.25) is 0 Å². The van der Waals surface area contributed by atoms with Crippen LogP contribution >= 0.6 is 11.3 Å². The van der Waals surface area contributed by atoms with E-state index in [2.05, 4.69) is 10.3 Å². The number of nitrogens with zero attached hydrogens (tertiary/aromatic N) is 2. The van der Waals surface area contributed by atoms with Crippen LogP contribution in [0.15, 0.2) is 79.1 Å². The number of ether oxygens (including phenoxy) is 2. The predicted molar refractivity (Wildman–Crippen MR) is 143 cm³/mol. The van der Waals surface area contributed by atoms with Crippen LogP contribution in [-0.4, -0.2) is 30.1 Å². The zero-order valence-corrected chi connectivity index (χ0v) is 20.6. The van der Waals surface area contributed by atoms with Gasteiger partial charge in [0.1, 0.15) is 9.71 Å². The molecule has 0 atom stereocenters. The van der Waals surface area contributed by atoms with Gasteiger partial charge >= 0.3 is 0 Å². The summed E-state index contributed by atoms with van der Waals surface area (Å²) in [5.41, 5.74) is 11.2. The van der Waals surface area contributed by atoms with Crippen molar-refractivity contribution >= 4 is 33.1 Å². The number of nitrogens with one attached hydrogen (secondary N) is 1. The third-order valence-electron chi connectivity index (χ3n) is 5.84. The molecule has 0 radical (unpaired) electrons. The quantitative estimate of drug-likeness (QED) is 0.306. The van der Waals surface area contributed by atoms with E-state index in [0.717, 1.165) is 27.9 Å². The molecule has 1 amide bonds. The molecule has 36 heavy (non-hydrogen) atoms. The molecule has 7 nitrogen and oxygen atoms in total. The number of hydrogen-bond donors (Lipinski definition) is 2. The van der Waals surface area contributed by atoms with Gasteiger partial charge in [0.05, 0.1) is 25.6 Å². The molecule has 5 rings (SSSR count). The lowest BCUT2D eigenvalue weighted by Crippen LogP contribution is -2.22. The maximum absolute atomic E-state index is 13.2. The molecule has 180 valence electrons. The van der Waals surface area contributed by atoms with Crippen molar-refractivity contribution in [2.75, 3.05) is 20.0 Å². The maximum atomic E-state index is 13.2. The van der Waals surface area contributed by atoms with Crippen molar-refractivity contribution in [2.45, 2.75) is 6.54 Å². The van der Waals surface area contributed by atoms with Gasteiger partial charge < -0.3 is 20.5 Å². The molecule has 0 bridgehead atoms. The van der Waals surface area contributed by atoms with Gasteiger partial charge in [-0.3, -0.25) is 9.78 Å². The fourth-order valence-corrected chi connectivity index (χ4v) is 5.16. The lowest BCUT2D eigenvalue weighted by molar-refractivity contribution is 0.0956. The fourth-order valence-electron chi connectivity index (χ4n) is 4.12. The summed E-state index contributed by atoms with van der Waals surface area (Å²) in [6.45, 7) is 0.347. The fraction of sp³-hybridized carbons (Fsp3) is 0.107. The van der Waals surface area contributed by atoms with Gasteiger partial charge in [-0.1, -0.05) is 48.5 Å². The number of pyridine rings is 2. The largest absolute Gasteiger partial charge is 0.493 e. The normalized spacial score (nSPS) is 10.8. The SMILES string of the molecule is COc1cccc(-c2cc(-c3ccccc3)nc3sc(C(=O)NCc4cccnc4)c(N)c23)c1OC. The summed E-state index contributed by atoms with van der Waals surface area (Å²) in [7, 11) is 3.20. The molecular formula is C28H24N4O3S. The molecule has 5 aromatic rings. The van der Waals surface area contributed by atoms with Crippen LogP contribution in [0.25, 0.3) is 32.6 Å². The van der Waals surface area contributed by atoms with Crippen LogP contribution in [-0.2, 0) is 6.54 Å². The number of anilines is 1. The Morgan fingerprint density at radius 1 is 1.00 bits per heavy atom. The van der Waals surface area contributed by atoms with E-state index in [1.807, 2.05) is 66.7 Å². The van der Waals surface area contributed by atoms with Crippen molar-refractivity contribution in [3.8, 4) is 33.9 Å². The van der Waals surface area contributed by atoms with Crippen LogP contribution in [0.4, 0.5) is 5.69 Å². The van der Waals surface area contributed by atoms with E-state index in [4.69, 9.17) is 20.2 Å². The number of aromatic nitrogens is 2. The smallest absolute Gasteiger partial charge is 0.263 e. The second-order valence-corrected chi connectivity index (χ2v) is 9.03. The number of hydrogen-bond acceptors (Lipinski definition) is 7. The summed E-state index contributed by atoms with van der Waals surface area (Å²) in [5.74, 6) is 0.924. The van der Waals surface area contributed by atoms with Crippen LogP contribution < -0.4 is 20.5 Å². The van der Waals surface area contributed by atoms with Crippen molar-refractivity contribution in [3.05, 3.63) is 89.6 Å². The average molecular weight is 497 g/mol. The van der Waals surface area contributed by atoms with E-state index in [1.165, 1.54) is 11.3 Å². The summed E-state index contributed by atoms with van der Waals surface area (Å²) >= 11 is 1.27. The van der Waals surface area contributed by atoms with E-state index < -0.39 is 0 Å². The molecule has 3 N–H and O–H groups in total. The molecule has 3 heterocycles. The van der Waals surface area contributed by atoms with Crippen LogP contribution in [0.1, 0.15) is 15.2 Å². The molecule has 0 aliphatic carbocycles. The highest BCUT2D eigenvalue weighted by Gasteiger charge is 2.23. The first-order valence-corrected chi connectivity index (χ1v) is 12.1. The van der Waals surface area contributed by atoms with Gasteiger partial charge in [-0.05, 0) is 23.8 Å². The molecule has 0 spiro atoms. The number of rotatable bonds is 7. The average Bonchev–Trinajstić information content (AvgIpc) is 3.28. The van der Waals surface area contributed by atoms with Gasteiger partial charge in [-0.2, -0.15) is 0 Å². The first-order valence-electron chi connectivity index (χ1n) is 11.3. The zero-order valence-electron chi connectivity index (χ0n) is 19.8. The third kappa shape index (κ3) is 4.34. The van der Waals surface area contributed by atoms with Crippen molar-refractivity contribution in [2.24, 2.45) is 0 Å². The van der Waals surface area contributed by atoms with Gasteiger partial charge in [0, 0.05) is 41.0 Å². The Balaban J connectivity index is 1.67. The Morgan fingerprint density at radius 3 is 2.56 bits per heavy atom. The monoisotopic (exact) mass is 496 g/mol. The number of thiophene rings is 1. The Labute approximate surface area is 212 Å². The zero-order chi connectivity index (χ0) is 25.1. The number of methoxy groups -OCH3 is 2. The standard InChI is InChI=1S/C28H24N4O3S/c1-34-22-12-6-11-19(25(22)35-2)20-14-21(18-9-4-3-5-10-18)32-28-23(20)24(29)26(36-28)27(33)31-16-17-8-7-13-30-15-17/h3-15H,16,29H2,1-2H3,(H,31,33). The predicted octanol–water partition coefficient (Wildman–Crippen LogP) is 5.55. The molecule has 0 aliphatic heterocycles. The summed E-state index contributed by atoms with van der Waals surface area (Å²) in [4.78, 5) is 23.2. The third-order valence-corrected chi connectivity index (χ3v) is 6.94. The van der Waals surface area contributed by atoms with Crippen LogP contribution in [0, 0.1) is 0 Å². The summed E-state index contributed by atoms with van der Waals surface area (Å²) in [6.07, 6.45) is 3.41. The van der Waals surface area contributed by atoms with Crippen LogP contribution in [0.2, 0.25) is 0 Å². The lowest BCUT2D eigenvalue weighted by Gasteiger charge is -2.15. The summed E-state index contributed by atoms with van der Waals surface area (Å²) in [6, 6.07) is 21.3. The van der Waals surface area contributed by atoms with E-state index in [9.17, 15) is 4.79 Å². The van der Waals surface area contributed by atoms with E-state index in [-0.39, 0.29) is 5.91 Å². The molecule has 0 aliphatic rings. The van der Waals surface area contributed by atoms with Gasteiger partial charge in [0.15, 0.2) is 11.5 Å². The molecule has 2 aromatic carbocycles. The number of amides is 1. The number of fused-ring (bicyclic) bond motifs is 1. The van der Waals surface area contributed by atoms with Gasteiger partial charge in [-0.25, -0.2) is 4.98 Å². The van der Waals surface area contributed by atoms with Crippen molar-refractivity contribution in [1.29, 1.82) is 0 Å². The molecule has 0 unspecified atom stereocenters. The molecule has 0 saturated carbocycles. The number of para-hydroxylation sites is 1. The topological polar surface area (TPSA) is 99.4 Å². The molecule has 3 aromatic heterocycles. The number of nitrogens with two attached hydrogens (primary N) is 1. The Morgan fingerprint density at radius 2 is 1.83 bits per heavy atom. The molecule has 0 saturated heterocycles. The van der Waals surface area contributed by atoms with Gasteiger partial charge in [-0.15, -0.1) is 11.3 Å². The minimum Gasteiger partial charge on any atom is -0.493 e. The number of benzene rings is 2. The Hall–Kier alpha value is -4.43. The highest BCUT2D eigenvalue weighted by atomic mass is 32.1. The van der Waals surface area contributed by atoms with Crippen molar-refractivity contribution in [3.63, 3.8) is 0 Å². The summed E-state index contributed by atoms with van der Waals surface area (Å²) < 4.78 is 11.3. The second-order valence-electron chi connectivity index (χ2n) is 8.03. The molecule has 8 heteroatoms. The first kappa shape index (κ1) is 23.3. The van der Waals surface area contributed by atoms with Crippen molar-refractivity contribution < 1.29 is 14.3 Å². The van der Waals surface area contributed by atoms with Crippen molar-refractivity contribution in [1.82, 2.24) is 15.3 Å². The van der Waals surface area contributed by atoms with Crippen LogP contribution in [0.3, 0.4) is 0 Å². The maximum Gasteiger partial charge on any atom is 0.263 e. The minimum atomic E-state index is -0.260. The minimum absolute atomic E-state index is 0.260. The van der Waals surface area contributed by atoms with E-state index in [1.54, 1.807) is 26.6 Å². The highest BCUT2D eigenvalue weighted by Crippen LogP contribution is 2.46. The van der Waals surface area contributed by atoms with Crippen LogP contribution in [0.5, 0.6) is 11.5 Å². The second kappa shape index (κ2) is 10.1. The summed E-state index contributed by atoms with van der Waals surface area (Å²) in [5, 5.41) is 3.65. The van der Waals surface area contributed by atoms with E-state index in [0.29, 0.717) is 38.8 Å². The number of carbonyl (C=O) groups excluding carboxylic acids is 1. The Bertz CT molecular complexity index is 1540. The lowest BCUT2D eigenvalue weighted by atomic mass is 9.98. The Kier molecular flexibility index (Phi) is 6.51.